The van der Waals surface area contributed by atoms with Gasteiger partial charge in [-0.2, -0.15) is 5.10 Å². The smallest absolute Gasteiger partial charge is 0.287 e. The molecule has 2 rings (SSSR count). The lowest BCUT2D eigenvalue weighted by molar-refractivity contribution is 0.374. The Hall–Kier alpha value is -1.33. The van der Waals surface area contributed by atoms with Crippen LogP contribution >= 0.6 is 11.6 Å². The number of anilines is 1. The molecule has 21 heavy (non-hydrogen) atoms. The Labute approximate surface area is 130 Å². The van der Waals surface area contributed by atoms with Gasteiger partial charge in [-0.05, 0) is 38.8 Å². The maximum absolute atomic E-state index is 12.2. The van der Waals surface area contributed by atoms with E-state index in [9.17, 15) is 4.79 Å². The molecule has 0 bridgehead atoms. The second-order valence-electron chi connectivity index (χ2n) is 5.35. The third-order valence-electron chi connectivity index (χ3n) is 3.93. The highest BCUT2D eigenvalue weighted by Gasteiger charge is 2.19. The molecule has 0 spiro atoms. The zero-order valence-corrected chi connectivity index (χ0v) is 13.3. The third kappa shape index (κ3) is 3.86. The van der Waals surface area contributed by atoms with E-state index in [4.69, 9.17) is 11.6 Å². The molecule has 0 atom stereocenters. The number of nitrogens with one attached hydrogen (secondary N) is 1. The van der Waals surface area contributed by atoms with E-state index in [2.05, 4.69) is 28.8 Å². The Kier molecular flexibility index (Phi) is 5.82. The standard InChI is InChI=1S/C15H23ClN4O/c1-3-9-20-15(21)14(16)13(10-18-20)19(4-2)11-12-5-7-17-8-6-12/h3,10,12,17H,1,4-9,11H2,2H3. The lowest BCUT2D eigenvalue weighted by Gasteiger charge is -2.31. The molecule has 116 valence electrons. The quantitative estimate of drug-likeness (QED) is 0.816. The molecule has 1 N–H and O–H groups in total. The molecular formula is C15H23ClN4O. The highest BCUT2D eigenvalue weighted by molar-refractivity contribution is 6.33. The Balaban J connectivity index is 2.19. The Morgan fingerprint density at radius 1 is 1.57 bits per heavy atom. The number of rotatable bonds is 6. The molecule has 1 fully saturated rings. The summed E-state index contributed by atoms with van der Waals surface area (Å²) in [5, 5.41) is 7.81. The van der Waals surface area contributed by atoms with E-state index in [0.29, 0.717) is 12.5 Å². The van der Waals surface area contributed by atoms with E-state index >= 15 is 0 Å². The molecule has 1 aromatic heterocycles. The van der Waals surface area contributed by atoms with Crippen LogP contribution in [0.3, 0.4) is 0 Å². The SMILES string of the molecule is C=CCn1ncc(N(CC)CC2CCNCC2)c(Cl)c1=O. The molecule has 0 amide bonds. The van der Waals surface area contributed by atoms with Crippen LogP contribution in [0.15, 0.2) is 23.6 Å². The van der Waals surface area contributed by atoms with Crippen molar-refractivity contribution >= 4 is 17.3 Å². The third-order valence-corrected chi connectivity index (χ3v) is 4.28. The summed E-state index contributed by atoms with van der Waals surface area (Å²) in [7, 11) is 0. The topological polar surface area (TPSA) is 50.2 Å². The van der Waals surface area contributed by atoms with Gasteiger partial charge in [-0.3, -0.25) is 4.79 Å². The fraction of sp³-hybridized carbons (Fsp3) is 0.600. The van der Waals surface area contributed by atoms with Crippen LogP contribution in [-0.2, 0) is 6.54 Å². The summed E-state index contributed by atoms with van der Waals surface area (Å²) in [6, 6.07) is 0. The average Bonchev–Trinajstić information content (AvgIpc) is 2.51. The van der Waals surface area contributed by atoms with Crippen LogP contribution in [-0.4, -0.2) is 36.0 Å². The van der Waals surface area contributed by atoms with Gasteiger partial charge in [0.1, 0.15) is 5.02 Å². The summed E-state index contributed by atoms with van der Waals surface area (Å²) in [4.78, 5) is 14.3. The number of piperidine rings is 1. The van der Waals surface area contributed by atoms with Crippen LogP contribution in [0.1, 0.15) is 19.8 Å². The molecule has 0 unspecified atom stereocenters. The van der Waals surface area contributed by atoms with Crippen molar-refractivity contribution < 1.29 is 0 Å². The molecule has 2 heterocycles. The highest BCUT2D eigenvalue weighted by atomic mass is 35.5. The molecule has 0 saturated carbocycles. The molecule has 1 aliphatic heterocycles. The minimum atomic E-state index is -0.252. The number of aromatic nitrogens is 2. The zero-order chi connectivity index (χ0) is 15.2. The van der Waals surface area contributed by atoms with Gasteiger partial charge in [0.05, 0.1) is 18.4 Å². The number of nitrogens with zero attached hydrogens (tertiary/aromatic N) is 3. The van der Waals surface area contributed by atoms with Crippen molar-refractivity contribution in [3.63, 3.8) is 0 Å². The Morgan fingerprint density at radius 2 is 2.29 bits per heavy atom. The monoisotopic (exact) mass is 310 g/mol. The predicted molar refractivity (Wildman–Crippen MR) is 87.2 cm³/mol. The average molecular weight is 311 g/mol. The summed E-state index contributed by atoms with van der Waals surface area (Å²) >= 11 is 6.26. The van der Waals surface area contributed by atoms with Crippen molar-refractivity contribution in [2.24, 2.45) is 5.92 Å². The Bertz CT molecular complexity index is 537. The van der Waals surface area contributed by atoms with Crippen molar-refractivity contribution in [3.8, 4) is 0 Å². The van der Waals surface area contributed by atoms with Gasteiger partial charge in [0.25, 0.3) is 5.56 Å². The van der Waals surface area contributed by atoms with E-state index in [0.717, 1.165) is 44.7 Å². The van der Waals surface area contributed by atoms with E-state index in [1.165, 1.54) is 4.68 Å². The summed E-state index contributed by atoms with van der Waals surface area (Å²) in [6.45, 7) is 9.94. The first-order chi connectivity index (χ1) is 10.2. The minimum absolute atomic E-state index is 0.252. The number of halogens is 1. The molecule has 0 radical (unpaired) electrons. The lowest BCUT2D eigenvalue weighted by atomic mass is 9.97. The van der Waals surface area contributed by atoms with E-state index in [-0.39, 0.29) is 10.6 Å². The fourth-order valence-electron chi connectivity index (χ4n) is 2.70. The molecule has 1 aromatic rings. The summed E-state index contributed by atoms with van der Waals surface area (Å²) in [5.74, 6) is 0.637. The van der Waals surface area contributed by atoms with Gasteiger partial charge in [-0.25, -0.2) is 4.68 Å². The largest absolute Gasteiger partial charge is 0.369 e. The molecule has 6 heteroatoms. The second-order valence-corrected chi connectivity index (χ2v) is 5.73. The number of allylic oxidation sites excluding steroid dienone is 1. The van der Waals surface area contributed by atoms with Gasteiger partial charge in [0.2, 0.25) is 0 Å². The van der Waals surface area contributed by atoms with Gasteiger partial charge in [-0.15, -0.1) is 6.58 Å². The van der Waals surface area contributed by atoms with Gasteiger partial charge < -0.3 is 10.2 Å². The first kappa shape index (κ1) is 16.0. The molecule has 5 nitrogen and oxygen atoms in total. The van der Waals surface area contributed by atoms with Crippen molar-refractivity contribution in [2.75, 3.05) is 31.1 Å². The zero-order valence-electron chi connectivity index (χ0n) is 12.5. The van der Waals surface area contributed by atoms with Crippen molar-refractivity contribution in [1.82, 2.24) is 15.1 Å². The van der Waals surface area contributed by atoms with Crippen molar-refractivity contribution in [3.05, 3.63) is 34.2 Å². The first-order valence-electron chi connectivity index (χ1n) is 7.49. The summed E-state index contributed by atoms with van der Waals surface area (Å²) < 4.78 is 1.33. The Morgan fingerprint density at radius 3 is 2.90 bits per heavy atom. The van der Waals surface area contributed by atoms with E-state index in [1.807, 2.05) is 0 Å². The molecular weight excluding hydrogens is 288 g/mol. The van der Waals surface area contributed by atoms with E-state index < -0.39 is 0 Å². The van der Waals surface area contributed by atoms with Gasteiger partial charge in [-0.1, -0.05) is 17.7 Å². The van der Waals surface area contributed by atoms with Crippen LogP contribution in [0, 0.1) is 5.92 Å². The number of hydrogen-bond acceptors (Lipinski definition) is 4. The van der Waals surface area contributed by atoms with Gasteiger partial charge >= 0.3 is 0 Å². The molecule has 1 aliphatic rings. The molecule has 1 saturated heterocycles. The maximum atomic E-state index is 12.2. The minimum Gasteiger partial charge on any atom is -0.369 e. The molecule has 0 aliphatic carbocycles. The van der Waals surface area contributed by atoms with Crippen LogP contribution in [0.4, 0.5) is 5.69 Å². The van der Waals surface area contributed by atoms with Crippen molar-refractivity contribution in [1.29, 1.82) is 0 Å². The second kappa shape index (κ2) is 7.61. The van der Waals surface area contributed by atoms with Crippen LogP contribution in [0.2, 0.25) is 5.02 Å². The van der Waals surface area contributed by atoms with Gasteiger partial charge in [0.15, 0.2) is 0 Å². The summed E-state index contributed by atoms with van der Waals surface area (Å²) in [6.07, 6.45) is 5.65. The normalized spacial score (nSPS) is 15.9. The van der Waals surface area contributed by atoms with Crippen molar-refractivity contribution in [2.45, 2.75) is 26.3 Å². The highest BCUT2D eigenvalue weighted by Crippen LogP contribution is 2.24. The van der Waals surface area contributed by atoms with E-state index in [1.54, 1.807) is 12.3 Å². The van der Waals surface area contributed by atoms with Gasteiger partial charge in [0, 0.05) is 13.1 Å². The van der Waals surface area contributed by atoms with Crippen LogP contribution in [0.5, 0.6) is 0 Å². The fourth-order valence-corrected chi connectivity index (χ4v) is 2.97. The predicted octanol–water partition coefficient (Wildman–Crippen LogP) is 1.91. The lowest BCUT2D eigenvalue weighted by Crippen LogP contribution is -2.37. The molecule has 0 aromatic carbocycles. The summed E-state index contributed by atoms with van der Waals surface area (Å²) in [5.41, 5.74) is 0.487. The number of hydrogen-bond donors (Lipinski definition) is 1. The van der Waals surface area contributed by atoms with Crippen LogP contribution in [0.25, 0.3) is 0 Å². The maximum Gasteiger partial charge on any atom is 0.287 e. The van der Waals surface area contributed by atoms with Crippen LogP contribution < -0.4 is 15.8 Å². The first-order valence-corrected chi connectivity index (χ1v) is 7.87.